The number of carbonyl (C=O) groups is 1. The molecule has 2 amide bonds. The lowest BCUT2D eigenvalue weighted by Gasteiger charge is -2.31. The minimum absolute atomic E-state index is 0.300. The number of halogens is 2. The Morgan fingerprint density at radius 1 is 0.957 bits per heavy atom. The van der Waals surface area contributed by atoms with Gasteiger partial charge in [-0.05, 0) is 48.7 Å². The molecule has 2 aromatic carbocycles. The summed E-state index contributed by atoms with van der Waals surface area (Å²) in [5.74, 6) is -0.706. The van der Waals surface area contributed by atoms with Crippen molar-refractivity contribution in [1.82, 2.24) is 5.32 Å². The number of carbonyl (C=O) groups excluding carboxylic acids is 1. The van der Waals surface area contributed by atoms with E-state index in [1.807, 2.05) is 0 Å². The van der Waals surface area contributed by atoms with Gasteiger partial charge in [0.2, 0.25) is 0 Å². The third-order valence-electron chi connectivity index (χ3n) is 4.29. The van der Waals surface area contributed by atoms with Crippen LogP contribution in [0.25, 0.3) is 0 Å². The molecule has 1 aliphatic carbocycles. The molecule has 120 valence electrons. The number of hydrogen-bond donors (Lipinski definition) is 2. The third kappa shape index (κ3) is 3.50. The molecule has 2 N–H and O–H groups in total. The van der Waals surface area contributed by atoms with Gasteiger partial charge in [0.25, 0.3) is 0 Å². The molecule has 23 heavy (non-hydrogen) atoms. The number of anilines is 1. The van der Waals surface area contributed by atoms with Crippen LogP contribution in [0.5, 0.6) is 0 Å². The second-order valence-corrected chi connectivity index (χ2v) is 5.89. The molecule has 0 aromatic heterocycles. The van der Waals surface area contributed by atoms with Crippen LogP contribution >= 0.6 is 0 Å². The van der Waals surface area contributed by atoms with Crippen LogP contribution in [0.4, 0.5) is 19.3 Å². The maximum Gasteiger partial charge on any atom is 0.319 e. The van der Waals surface area contributed by atoms with E-state index in [4.69, 9.17) is 0 Å². The van der Waals surface area contributed by atoms with Gasteiger partial charge in [0, 0.05) is 5.69 Å². The van der Waals surface area contributed by atoms with Crippen molar-refractivity contribution in [2.75, 3.05) is 5.32 Å². The molecular weight excluding hydrogens is 298 g/mol. The van der Waals surface area contributed by atoms with Crippen LogP contribution in [0.2, 0.25) is 0 Å². The van der Waals surface area contributed by atoms with E-state index in [2.05, 4.69) is 10.6 Å². The van der Waals surface area contributed by atoms with Crippen molar-refractivity contribution >= 4 is 11.7 Å². The summed E-state index contributed by atoms with van der Waals surface area (Å²) in [5.41, 5.74) is 0.797. The van der Waals surface area contributed by atoms with Gasteiger partial charge in [0.15, 0.2) is 0 Å². The molecule has 2 aromatic rings. The molecule has 0 aliphatic heterocycles. The zero-order valence-corrected chi connectivity index (χ0v) is 12.6. The fraction of sp³-hybridized carbons (Fsp3) is 0.278. The normalized spacial score (nSPS) is 16.1. The minimum Gasteiger partial charge on any atom is -0.328 e. The monoisotopic (exact) mass is 316 g/mol. The van der Waals surface area contributed by atoms with Crippen LogP contribution in [0.15, 0.2) is 48.5 Å². The van der Waals surface area contributed by atoms with Crippen LogP contribution < -0.4 is 10.6 Å². The molecule has 0 bridgehead atoms. The van der Waals surface area contributed by atoms with Gasteiger partial charge in [-0.2, -0.15) is 0 Å². The topological polar surface area (TPSA) is 41.1 Å². The number of rotatable bonds is 3. The highest BCUT2D eigenvalue weighted by atomic mass is 19.1. The van der Waals surface area contributed by atoms with Gasteiger partial charge >= 0.3 is 6.03 Å². The molecule has 3 rings (SSSR count). The smallest absolute Gasteiger partial charge is 0.319 e. The Kier molecular flexibility index (Phi) is 4.28. The Balaban J connectivity index is 1.77. The molecular formula is C18H18F2N2O. The van der Waals surface area contributed by atoms with Gasteiger partial charge < -0.3 is 10.6 Å². The SMILES string of the molecule is O=C(Nc1cccc(F)c1)NC1(c2ccc(F)cc2)CCCC1. The van der Waals surface area contributed by atoms with Gasteiger partial charge in [0.05, 0.1) is 5.54 Å². The lowest BCUT2D eigenvalue weighted by atomic mass is 9.88. The molecule has 3 nitrogen and oxygen atoms in total. The zero-order chi connectivity index (χ0) is 16.3. The fourth-order valence-electron chi connectivity index (χ4n) is 3.18. The summed E-state index contributed by atoms with van der Waals surface area (Å²) >= 11 is 0. The van der Waals surface area contributed by atoms with E-state index in [-0.39, 0.29) is 11.8 Å². The summed E-state index contributed by atoms with van der Waals surface area (Å²) in [6.07, 6.45) is 3.60. The van der Waals surface area contributed by atoms with Crippen molar-refractivity contribution in [3.05, 3.63) is 65.7 Å². The lowest BCUT2D eigenvalue weighted by molar-refractivity contribution is 0.236. The molecule has 0 heterocycles. The minimum atomic E-state index is -0.495. The summed E-state index contributed by atoms with van der Waals surface area (Å²) in [4.78, 5) is 12.3. The Morgan fingerprint density at radius 2 is 1.65 bits per heavy atom. The molecule has 1 fully saturated rings. The number of amides is 2. The van der Waals surface area contributed by atoms with Crippen LogP contribution in [0.1, 0.15) is 31.2 Å². The van der Waals surface area contributed by atoms with Gasteiger partial charge in [-0.25, -0.2) is 13.6 Å². The first-order valence-electron chi connectivity index (χ1n) is 7.68. The van der Waals surface area contributed by atoms with E-state index >= 15 is 0 Å². The molecule has 1 aliphatic rings. The first kappa shape index (κ1) is 15.5. The summed E-state index contributed by atoms with van der Waals surface area (Å²) in [7, 11) is 0. The van der Waals surface area contributed by atoms with Crippen molar-refractivity contribution in [2.45, 2.75) is 31.2 Å². The van der Waals surface area contributed by atoms with Gasteiger partial charge in [-0.1, -0.05) is 31.0 Å². The standard InChI is InChI=1S/C18H18F2N2O/c19-14-8-6-13(7-9-14)18(10-1-2-11-18)22-17(23)21-16-5-3-4-15(20)12-16/h3-9,12H,1-2,10-11H2,(H2,21,22,23). The summed E-state index contributed by atoms with van der Waals surface area (Å²) < 4.78 is 26.3. The molecule has 0 radical (unpaired) electrons. The average Bonchev–Trinajstić information content (AvgIpc) is 2.97. The predicted molar refractivity (Wildman–Crippen MR) is 85.1 cm³/mol. The van der Waals surface area contributed by atoms with E-state index in [9.17, 15) is 13.6 Å². The number of benzene rings is 2. The van der Waals surface area contributed by atoms with Gasteiger partial charge in [-0.15, -0.1) is 0 Å². The van der Waals surface area contributed by atoms with Crippen LogP contribution in [0, 0.1) is 11.6 Å². The second-order valence-electron chi connectivity index (χ2n) is 5.89. The number of hydrogen-bond acceptors (Lipinski definition) is 1. The van der Waals surface area contributed by atoms with E-state index in [0.29, 0.717) is 5.69 Å². The Morgan fingerprint density at radius 3 is 2.30 bits per heavy atom. The van der Waals surface area contributed by atoms with Crippen LogP contribution in [-0.2, 0) is 5.54 Å². The van der Waals surface area contributed by atoms with E-state index in [0.717, 1.165) is 31.2 Å². The van der Waals surface area contributed by atoms with E-state index in [1.54, 1.807) is 18.2 Å². The third-order valence-corrected chi connectivity index (χ3v) is 4.29. The zero-order valence-electron chi connectivity index (χ0n) is 12.6. The number of urea groups is 1. The largest absolute Gasteiger partial charge is 0.328 e. The molecule has 0 unspecified atom stereocenters. The highest BCUT2D eigenvalue weighted by Gasteiger charge is 2.37. The predicted octanol–water partition coefficient (Wildman–Crippen LogP) is 4.56. The van der Waals surface area contributed by atoms with Crippen LogP contribution in [0.3, 0.4) is 0 Å². The maximum atomic E-state index is 13.2. The van der Waals surface area contributed by atoms with Crippen molar-refractivity contribution in [2.24, 2.45) is 0 Å². The fourth-order valence-corrected chi connectivity index (χ4v) is 3.18. The first-order valence-corrected chi connectivity index (χ1v) is 7.68. The highest BCUT2D eigenvalue weighted by molar-refractivity contribution is 5.89. The van der Waals surface area contributed by atoms with Crippen LogP contribution in [-0.4, -0.2) is 6.03 Å². The maximum absolute atomic E-state index is 13.2. The van der Waals surface area contributed by atoms with Crippen molar-refractivity contribution in [3.63, 3.8) is 0 Å². The number of nitrogens with one attached hydrogen (secondary N) is 2. The van der Waals surface area contributed by atoms with Gasteiger partial charge in [-0.3, -0.25) is 0 Å². The molecule has 0 atom stereocenters. The van der Waals surface area contributed by atoms with Crippen molar-refractivity contribution in [1.29, 1.82) is 0 Å². The molecule has 5 heteroatoms. The summed E-state index contributed by atoms with van der Waals surface area (Å²) in [6.45, 7) is 0. The highest BCUT2D eigenvalue weighted by Crippen LogP contribution is 2.38. The van der Waals surface area contributed by atoms with Gasteiger partial charge in [0.1, 0.15) is 11.6 Å². The van der Waals surface area contributed by atoms with Crippen molar-refractivity contribution < 1.29 is 13.6 Å². The van der Waals surface area contributed by atoms with Crippen molar-refractivity contribution in [3.8, 4) is 0 Å². The van der Waals surface area contributed by atoms with E-state index in [1.165, 1.54) is 30.3 Å². The van der Waals surface area contributed by atoms with E-state index < -0.39 is 11.4 Å². The average molecular weight is 316 g/mol. The first-order chi connectivity index (χ1) is 11.1. The summed E-state index contributed by atoms with van der Waals surface area (Å²) in [5, 5.41) is 5.65. The molecule has 0 saturated heterocycles. The lowest BCUT2D eigenvalue weighted by Crippen LogP contribution is -2.45. The molecule has 1 saturated carbocycles. The Hall–Kier alpha value is -2.43. The Labute approximate surface area is 133 Å². The second kappa shape index (κ2) is 6.36. The Bertz CT molecular complexity index is 694. The molecule has 0 spiro atoms. The summed E-state index contributed by atoms with van der Waals surface area (Å²) in [6, 6.07) is 11.6. The quantitative estimate of drug-likeness (QED) is 0.856.